The Bertz CT molecular complexity index is 467. The van der Waals surface area contributed by atoms with E-state index < -0.39 is 5.60 Å². The van der Waals surface area contributed by atoms with Crippen LogP contribution >= 0.6 is 0 Å². The summed E-state index contributed by atoms with van der Waals surface area (Å²) in [6, 6.07) is 7.84. The maximum Gasteiger partial charge on any atom is 0.260 e. The second kappa shape index (κ2) is 6.94. The highest BCUT2D eigenvalue weighted by Crippen LogP contribution is 2.21. The fraction of sp³-hybridized carbons (Fsp3) is 0.588. The number of likely N-dealkylation sites (tertiary alicyclic amines) is 1. The number of amides is 1. The highest BCUT2D eigenvalue weighted by molar-refractivity contribution is 5.77. The van der Waals surface area contributed by atoms with Crippen LogP contribution in [0.25, 0.3) is 0 Å². The van der Waals surface area contributed by atoms with Gasteiger partial charge in [0.2, 0.25) is 0 Å². The van der Waals surface area contributed by atoms with Crippen molar-refractivity contribution in [3.63, 3.8) is 0 Å². The second-order valence-electron chi connectivity index (χ2n) is 6.02. The molecular formula is C17H25NO3. The zero-order valence-electron chi connectivity index (χ0n) is 13.0. The smallest absolute Gasteiger partial charge is 0.260 e. The van der Waals surface area contributed by atoms with E-state index >= 15 is 0 Å². The van der Waals surface area contributed by atoms with Gasteiger partial charge in [0.1, 0.15) is 5.75 Å². The summed E-state index contributed by atoms with van der Waals surface area (Å²) in [5, 5.41) is 10.0. The predicted octanol–water partition coefficient (Wildman–Crippen LogP) is 2.39. The average Bonchev–Trinajstić information content (AvgIpc) is 2.66. The molecule has 4 nitrogen and oxygen atoms in total. The number of hydrogen-bond donors (Lipinski definition) is 1. The molecule has 0 bridgehead atoms. The number of aryl methyl sites for hydroxylation is 1. The third-order valence-electron chi connectivity index (χ3n) is 4.11. The van der Waals surface area contributed by atoms with Crippen molar-refractivity contribution in [2.75, 3.05) is 19.7 Å². The van der Waals surface area contributed by atoms with Gasteiger partial charge in [-0.25, -0.2) is 0 Å². The van der Waals surface area contributed by atoms with Crippen LogP contribution in [0, 0.1) is 0 Å². The summed E-state index contributed by atoms with van der Waals surface area (Å²) in [5.74, 6) is 0.717. The van der Waals surface area contributed by atoms with Gasteiger partial charge in [-0.15, -0.1) is 0 Å². The van der Waals surface area contributed by atoms with E-state index in [2.05, 4.69) is 6.92 Å². The van der Waals surface area contributed by atoms with Crippen LogP contribution in [0.15, 0.2) is 24.3 Å². The van der Waals surface area contributed by atoms with Crippen molar-refractivity contribution < 1.29 is 14.6 Å². The minimum absolute atomic E-state index is 0.00716. The summed E-state index contributed by atoms with van der Waals surface area (Å²) in [6.45, 7) is 5.31. The van der Waals surface area contributed by atoms with Gasteiger partial charge in [-0.2, -0.15) is 0 Å². The van der Waals surface area contributed by atoms with Gasteiger partial charge in [0.15, 0.2) is 6.61 Å². The maximum atomic E-state index is 12.2. The van der Waals surface area contributed by atoms with E-state index in [1.54, 1.807) is 4.90 Å². The number of ether oxygens (including phenoxy) is 1. The van der Waals surface area contributed by atoms with Gasteiger partial charge in [-0.3, -0.25) is 4.79 Å². The zero-order valence-corrected chi connectivity index (χ0v) is 13.0. The third kappa shape index (κ3) is 4.74. The van der Waals surface area contributed by atoms with Gasteiger partial charge in [0.05, 0.1) is 5.60 Å². The predicted molar refractivity (Wildman–Crippen MR) is 82.4 cm³/mol. The standard InChI is InChI=1S/C17H25NO3/c1-3-14-5-7-15(8-6-14)21-13-16(19)18-11-4-9-17(2,20)10-12-18/h5-8,20H,3-4,9-13H2,1-2H3. The summed E-state index contributed by atoms with van der Waals surface area (Å²) in [5.41, 5.74) is 0.606. The molecule has 1 aromatic carbocycles. The van der Waals surface area contributed by atoms with E-state index in [0.717, 1.165) is 25.0 Å². The molecule has 1 unspecified atom stereocenters. The first-order chi connectivity index (χ1) is 10.00. The Morgan fingerprint density at radius 2 is 2.00 bits per heavy atom. The van der Waals surface area contributed by atoms with Crippen molar-refractivity contribution in [3.05, 3.63) is 29.8 Å². The molecule has 0 radical (unpaired) electrons. The fourth-order valence-electron chi connectivity index (χ4n) is 2.57. The number of carbonyl (C=O) groups is 1. The maximum absolute atomic E-state index is 12.2. The number of benzene rings is 1. The first-order valence-electron chi connectivity index (χ1n) is 7.72. The van der Waals surface area contributed by atoms with Crippen LogP contribution in [-0.2, 0) is 11.2 Å². The summed E-state index contributed by atoms with van der Waals surface area (Å²) in [6.07, 6.45) is 3.21. The van der Waals surface area contributed by atoms with Crippen LogP contribution < -0.4 is 4.74 Å². The normalized spacial score (nSPS) is 22.7. The van der Waals surface area contributed by atoms with Crippen molar-refractivity contribution in [3.8, 4) is 5.75 Å². The molecule has 1 saturated heterocycles. The van der Waals surface area contributed by atoms with Gasteiger partial charge in [-0.1, -0.05) is 19.1 Å². The van der Waals surface area contributed by atoms with Crippen molar-refractivity contribution in [1.29, 1.82) is 0 Å². The summed E-state index contributed by atoms with van der Waals surface area (Å²) < 4.78 is 5.56. The molecule has 0 spiro atoms. The van der Waals surface area contributed by atoms with Crippen molar-refractivity contribution in [2.24, 2.45) is 0 Å². The Morgan fingerprint density at radius 1 is 1.29 bits per heavy atom. The van der Waals surface area contributed by atoms with Crippen molar-refractivity contribution in [1.82, 2.24) is 4.90 Å². The van der Waals surface area contributed by atoms with Crippen LogP contribution in [0.2, 0.25) is 0 Å². The van der Waals surface area contributed by atoms with Crippen LogP contribution in [0.4, 0.5) is 0 Å². The third-order valence-corrected chi connectivity index (χ3v) is 4.11. The monoisotopic (exact) mass is 291 g/mol. The molecule has 1 aliphatic rings. The van der Waals surface area contributed by atoms with Gasteiger partial charge < -0.3 is 14.7 Å². The molecule has 1 heterocycles. The van der Waals surface area contributed by atoms with Gasteiger partial charge >= 0.3 is 0 Å². The van der Waals surface area contributed by atoms with Gasteiger partial charge in [0, 0.05) is 13.1 Å². The first kappa shape index (κ1) is 15.8. The Hall–Kier alpha value is -1.55. The van der Waals surface area contributed by atoms with Crippen LogP contribution in [-0.4, -0.2) is 41.2 Å². The summed E-state index contributed by atoms with van der Waals surface area (Å²) in [4.78, 5) is 14.0. The minimum atomic E-state index is -0.647. The first-order valence-corrected chi connectivity index (χ1v) is 7.72. The van der Waals surface area contributed by atoms with E-state index in [0.29, 0.717) is 19.5 Å². The zero-order chi connectivity index (χ0) is 15.3. The average molecular weight is 291 g/mol. The van der Waals surface area contributed by atoms with Crippen molar-refractivity contribution >= 4 is 5.91 Å². The Labute approximate surface area is 126 Å². The SMILES string of the molecule is CCc1ccc(OCC(=O)N2CCCC(C)(O)CC2)cc1. The van der Waals surface area contributed by atoms with Gasteiger partial charge in [-0.05, 0) is 50.3 Å². The molecule has 1 fully saturated rings. The number of hydrogen-bond acceptors (Lipinski definition) is 3. The number of carbonyl (C=O) groups excluding carboxylic acids is 1. The number of aliphatic hydroxyl groups is 1. The molecule has 0 saturated carbocycles. The Kier molecular flexibility index (Phi) is 5.23. The molecule has 1 atom stereocenters. The quantitative estimate of drug-likeness (QED) is 0.926. The molecule has 21 heavy (non-hydrogen) atoms. The summed E-state index contributed by atoms with van der Waals surface area (Å²) in [7, 11) is 0. The number of rotatable bonds is 4. The molecule has 1 N–H and O–H groups in total. The van der Waals surface area contributed by atoms with Crippen LogP contribution in [0.1, 0.15) is 38.7 Å². The van der Waals surface area contributed by atoms with E-state index in [-0.39, 0.29) is 12.5 Å². The minimum Gasteiger partial charge on any atom is -0.484 e. The van der Waals surface area contributed by atoms with Crippen LogP contribution in [0.3, 0.4) is 0 Å². The Morgan fingerprint density at radius 3 is 2.67 bits per heavy atom. The second-order valence-corrected chi connectivity index (χ2v) is 6.02. The van der Waals surface area contributed by atoms with E-state index in [1.165, 1.54) is 5.56 Å². The highest BCUT2D eigenvalue weighted by atomic mass is 16.5. The fourth-order valence-corrected chi connectivity index (χ4v) is 2.57. The molecule has 1 aliphatic heterocycles. The lowest BCUT2D eigenvalue weighted by Crippen LogP contribution is -2.36. The van der Waals surface area contributed by atoms with Crippen LogP contribution in [0.5, 0.6) is 5.75 Å². The molecular weight excluding hydrogens is 266 g/mol. The van der Waals surface area contributed by atoms with Crippen molar-refractivity contribution in [2.45, 2.75) is 45.1 Å². The molecule has 0 aliphatic carbocycles. The molecule has 4 heteroatoms. The lowest BCUT2D eigenvalue weighted by molar-refractivity contribution is -0.133. The van der Waals surface area contributed by atoms with Gasteiger partial charge in [0.25, 0.3) is 5.91 Å². The lowest BCUT2D eigenvalue weighted by atomic mass is 9.98. The van der Waals surface area contributed by atoms with E-state index in [1.807, 2.05) is 31.2 Å². The van der Waals surface area contributed by atoms with E-state index in [9.17, 15) is 9.90 Å². The molecule has 0 aromatic heterocycles. The molecule has 1 amide bonds. The number of nitrogens with zero attached hydrogens (tertiary/aromatic N) is 1. The molecule has 116 valence electrons. The summed E-state index contributed by atoms with van der Waals surface area (Å²) >= 11 is 0. The lowest BCUT2D eigenvalue weighted by Gasteiger charge is -2.22. The topological polar surface area (TPSA) is 49.8 Å². The molecule has 2 rings (SSSR count). The van der Waals surface area contributed by atoms with E-state index in [4.69, 9.17) is 4.74 Å². The molecule has 1 aromatic rings. The largest absolute Gasteiger partial charge is 0.484 e. The highest BCUT2D eigenvalue weighted by Gasteiger charge is 2.27. The Balaban J connectivity index is 1.83.